The summed E-state index contributed by atoms with van der Waals surface area (Å²) in [7, 11) is 0. The third-order valence-electron chi connectivity index (χ3n) is 5.72. The number of carbonyl (C=O) groups is 2. The highest BCUT2D eigenvalue weighted by Gasteiger charge is 2.26. The Hall–Kier alpha value is -2.74. The van der Waals surface area contributed by atoms with Gasteiger partial charge in [0.25, 0.3) is 11.6 Å². The van der Waals surface area contributed by atoms with Crippen LogP contribution in [0.3, 0.4) is 0 Å². The fourth-order valence-electron chi connectivity index (χ4n) is 4.04. The van der Waals surface area contributed by atoms with Crippen molar-refractivity contribution in [3.63, 3.8) is 0 Å². The van der Waals surface area contributed by atoms with Gasteiger partial charge in [0.15, 0.2) is 0 Å². The molecule has 32 heavy (non-hydrogen) atoms. The predicted molar refractivity (Wildman–Crippen MR) is 126 cm³/mol. The van der Waals surface area contributed by atoms with Crippen LogP contribution in [0.4, 0.5) is 10.7 Å². The molecule has 3 rings (SSSR count). The number of non-ortho nitro benzene ring substituents is 1. The van der Waals surface area contributed by atoms with E-state index >= 15 is 0 Å². The summed E-state index contributed by atoms with van der Waals surface area (Å²) in [5.41, 5.74) is 1.70. The number of nitro groups is 1. The lowest BCUT2D eigenvalue weighted by molar-refractivity contribution is -0.384. The van der Waals surface area contributed by atoms with E-state index in [1.807, 2.05) is 0 Å². The van der Waals surface area contributed by atoms with Gasteiger partial charge in [-0.1, -0.05) is 38.5 Å². The van der Waals surface area contributed by atoms with Crippen LogP contribution < -0.4 is 5.32 Å². The zero-order valence-electron chi connectivity index (χ0n) is 18.5. The highest BCUT2D eigenvalue weighted by Crippen LogP contribution is 2.37. The van der Waals surface area contributed by atoms with E-state index in [1.54, 1.807) is 6.92 Å². The Balaban J connectivity index is 1.90. The largest absolute Gasteiger partial charge is 0.462 e. The molecule has 1 aromatic carbocycles. The Kier molecular flexibility index (Phi) is 8.79. The van der Waals surface area contributed by atoms with Gasteiger partial charge in [-0.25, -0.2) is 4.79 Å². The summed E-state index contributed by atoms with van der Waals surface area (Å²) < 4.78 is 5.34. The summed E-state index contributed by atoms with van der Waals surface area (Å²) in [5, 5.41) is 14.3. The zero-order chi connectivity index (χ0) is 22.9. The summed E-state index contributed by atoms with van der Waals surface area (Å²) in [6.07, 6.45) is 11.0. The maximum Gasteiger partial charge on any atom is 0.341 e. The molecular weight excluding hydrogens is 428 g/mol. The van der Waals surface area contributed by atoms with Crippen molar-refractivity contribution in [3.05, 3.63) is 55.9 Å². The van der Waals surface area contributed by atoms with Crippen LogP contribution in [-0.2, 0) is 17.6 Å². The van der Waals surface area contributed by atoms with Crippen molar-refractivity contribution in [1.29, 1.82) is 0 Å². The van der Waals surface area contributed by atoms with E-state index in [0.717, 1.165) is 49.0 Å². The summed E-state index contributed by atoms with van der Waals surface area (Å²) >= 11 is 1.46. The molecule has 2 aromatic rings. The molecule has 0 aliphatic heterocycles. The van der Waals surface area contributed by atoms with E-state index in [0.29, 0.717) is 16.1 Å². The lowest BCUT2D eigenvalue weighted by Crippen LogP contribution is -2.15. The van der Waals surface area contributed by atoms with Crippen molar-refractivity contribution in [3.8, 4) is 0 Å². The second kappa shape index (κ2) is 11.8. The lowest BCUT2D eigenvalue weighted by Gasteiger charge is -2.10. The minimum absolute atomic E-state index is 0.0770. The Bertz CT molecular complexity index is 952. The molecule has 0 bridgehead atoms. The van der Waals surface area contributed by atoms with Gasteiger partial charge in [-0.15, -0.1) is 11.3 Å². The first-order chi connectivity index (χ1) is 15.5. The second-order valence-corrected chi connectivity index (χ2v) is 9.12. The number of hydrogen-bond acceptors (Lipinski definition) is 6. The first kappa shape index (κ1) is 23.9. The quantitative estimate of drug-likeness (QED) is 0.322. The number of fused-ring (bicyclic) bond motifs is 1. The molecule has 1 amide bonds. The van der Waals surface area contributed by atoms with E-state index in [9.17, 15) is 19.7 Å². The first-order valence-electron chi connectivity index (χ1n) is 11.4. The molecule has 0 unspecified atom stereocenters. The van der Waals surface area contributed by atoms with E-state index in [4.69, 9.17) is 4.74 Å². The standard InChI is InChI=1S/C24H30N2O5S/c1-2-31-24(28)21-19-11-9-7-5-3-4-6-8-10-12-20(19)32-23(21)25-22(27)17-13-15-18(16-14-17)26(29)30/h13-16H,2-12H2,1H3,(H,25,27). The van der Waals surface area contributed by atoms with Crippen molar-refractivity contribution in [2.45, 2.75) is 71.1 Å². The minimum atomic E-state index is -0.505. The highest BCUT2D eigenvalue weighted by atomic mass is 32.1. The number of carbonyl (C=O) groups excluding carboxylic acids is 2. The molecule has 0 spiro atoms. The Morgan fingerprint density at radius 2 is 1.59 bits per heavy atom. The van der Waals surface area contributed by atoms with E-state index in [2.05, 4.69) is 5.32 Å². The van der Waals surface area contributed by atoms with Crippen molar-refractivity contribution in [2.75, 3.05) is 11.9 Å². The number of rotatable bonds is 5. The number of esters is 1. The van der Waals surface area contributed by atoms with Gasteiger partial charge in [0.1, 0.15) is 5.00 Å². The number of hydrogen-bond donors (Lipinski definition) is 1. The molecule has 8 heteroatoms. The Morgan fingerprint density at radius 1 is 1.00 bits per heavy atom. The topological polar surface area (TPSA) is 98.5 Å². The van der Waals surface area contributed by atoms with Gasteiger partial charge < -0.3 is 10.1 Å². The number of benzene rings is 1. The molecule has 1 aliphatic carbocycles. The molecule has 0 atom stereocenters. The maximum absolute atomic E-state index is 12.9. The van der Waals surface area contributed by atoms with Gasteiger partial charge in [0.05, 0.1) is 17.1 Å². The van der Waals surface area contributed by atoms with Crippen molar-refractivity contribution < 1.29 is 19.2 Å². The molecule has 0 saturated carbocycles. The number of nitrogens with one attached hydrogen (secondary N) is 1. The molecule has 0 fully saturated rings. The van der Waals surface area contributed by atoms with Crippen LogP contribution in [0.15, 0.2) is 24.3 Å². The SMILES string of the molecule is CCOC(=O)c1c(NC(=O)c2ccc([N+](=O)[O-])cc2)sc2c1CCCCCCCCCC2. The van der Waals surface area contributed by atoms with Gasteiger partial charge in [0, 0.05) is 22.6 Å². The van der Waals surface area contributed by atoms with Crippen LogP contribution in [0, 0.1) is 10.1 Å². The number of ether oxygens (including phenoxy) is 1. The molecule has 1 aromatic heterocycles. The van der Waals surface area contributed by atoms with Crippen LogP contribution in [0.1, 0.15) is 89.4 Å². The highest BCUT2D eigenvalue weighted by molar-refractivity contribution is 7.17. The van der Waals surface area contributed by atoms with Crippen LogP contribution in [-0.4, -0.2) is 23.4 Å². The summed E-state index contributed by atoms with van der Waals surface area (Å²) in [5.74, 6) is -0.807. The van der Waals surface area contributed by atoms with Crippen LogP contribution in [0.5, 0.6) is 0 Å². The normalized spacial score (nSPS) is 15.0. The third-order valence-corrected chi connectivity index (χ3v) is 6.93. The first-order valence-corrected chi connectivity index (χ1v) is 12.2. The number of amides is 1. The number of nitro benzene ring substituents is 1. The van der Waals surface area contributed by atoms with Crippen molar-refractivity contribution >= 4 is 33.9 Å². The van der Waals surface area contributed by atoms with Crippen LogP contribution >= 0.6 is 11.3 Å². The molecule has 7 nitrogen and oxygen atoms in total. The van der Waals surface area contributed by atoms with Gasteiger partial charge in [-0.2, -0.15) is 0 Å². The van der Waals surface area contributed by atoms with Crippen molar-refractivity contribution in [2.24, 2.45) is 0 Å². The van der Waals surface area contributed by atoms with E-state index < -0.39 is 16.8 Å². The Morgan fingerprint density at radius 3 is 2.19 bits per heavy atom. The molecule has 1 heterocycles. The van der Waals surface area contributed by atoms with E-state index in [1.165, 1.54) is 61.3 Å². The molecular formula is C24H30N2O5S. The average Bonchev–Trinajstić information content (AvgIpc) is 3.10. The summed E-state index contributed by atoms with van der Waals surface area (Å²) in [6, 6.07) is 5.44. The molecule has 1 N–H and O–H groups in total. The number of nitrogens with zero attached hydrogens (tertiary/aromatic N) is 1. The zero-order valence-corrected chi connectivity index (χ0v) is 19.3. The predicted octanol–water partition coefficient (Wildman–Crippen LogP) is 6.30. The van der Waals surface area contributed by atoms with E-state index in [-0.39, 0.29) is 12.3 Å². The van der Waals surface area contributed by atoms with Crippen molar-refractivity contribution in [1.82, 2.24) is 0 Å². The monoisotopic (exact) mass is 458 g/mol. The van der Waals surface area contributed by atoms with Gasteiger partial charge >= 0.3 is 5.97 Å². The minimum Gasteiger partial charge on any atom is -0.462 e. The number of aryl methyl sites for hydroxylation is 1. The number of thiophene rings is 1. The fourth-order valence-corrected chi connectivity index (χ4v) is 5.32. The number of anilines is 1. The van der Waals surface area contributed by atoms with Crippen LogP contribution in [0.25, 0.3) is 0 Å². The summed E-state index contributed by atoms with van der Waals surface area (Å²) in [6.45, 7) is 2.03. The average molecular weight is 459 g/mol. The summed E-state index contributed by atoms with van der Waals surface area (Å²) in [4.78, 5) is 37.2. The van der Waals surface area contributed by atoms with Gasteiger partial charge in [-0.05, 0) is 50.3 Å². The molecule has 172 valence electrons. The third kappa shape index (κ3) is 6.16. The molecule has 0 saturated heterocycles. The molecule has 0 radical (unpaired) electrons. The fraction of sp³-hybridized carbons (Fsp3) is 0.500. The van der Waals surface area contributed by atoms with Crippen LogP contribution in [0.2, 0.25) is 0 Å². The Labute approximate surface area is 192 Å². The molecule has 1 aliphatic rings. The van der Waals surface area contributed by atoms with Gasteiger partial charge in [0.2, 0.25) is 0 Å². The second-order valence-electron chi connectivity index (χ2n) is 8.01. The lowest BCUT2D eigenvalue weighted by atomic mass is 9.97. The van der Waals surface area contributed by atoms with Gasteiger partial charge in [-0.3, -0.25) is 14.9 Å². The maximum atomic E-state index is 12.9. The smallest absolute Gasteiger partial charge is 0.341 e.